The molecule has 1 heterocycles. The molecule has 1 aromatic rings. The van der Waals surface area contributed by atoms with Gasteiger partial charge in [0, 0.05) is 19.1 Å². The van der Waals surface area contributed by atoms with Crippen LogP contribution in [0, 0.1) is 0 Å². The summed E-state index contributed by atoms with van der Waals surface area (Å²) in [6.07, 6.45) is 0.845. The van der Waals surface area contributed by atoms with E-state index >= 15 is 0 Å². The number of nitrogens with zero attached hydrogens (tertiary/aromatic N) is 2. The van der Waals surface area contributed by atoms with Gasteiger partial charge in [-0.2, -0.15) is 4.31 Å². The van der Waals surface area contributed by atoms with E-state index < -0.39 is 10.0 Å². The lowest BCUT2D eigenvalue weighted by molar-refractivity contribution is 0.302. The second-order valence-electron chi connectivity index (χ2n) is 5.17. The molecule has 6 nitrogen and oxygen atoms in total. The Labute approximate surface area is 120 Å². The third-order valence-corrected chi connectivity index (χ3v) is 5.56. The topological polar surface area (TPSA) is 75.9 Å². The van der Waals surface area contributed by atoms with Gasteiger partial charge in [-0.25, -0.2) is 8.42 Å². The molecule has 1 unspecified atom stereocenters. The molecular weight excluding hydrogens is 278 g/mol. The number of methoxy groups -OCH3 is 1. The number of nitrogens with two attached hydrogens (primary N) is 1. The zero-order chi connectivity index (χ0) is 14.9. The van der Waals surface area contributed by atoms with E-state index in [1.54, 1.807) is 6.07 Å². The lowest BCUT2D eigenvalue weighted by Gasteiger charge is -2.20. The first kappa shape index (κ1) is 15.1. The lowest BCUT2D eigenvalue weighted by atomic mass is 10.2. The van der Waals surface area contributed by atoms with Gasteiger partial charge in [0.25, 0.3) is 0 Å². The van der Waals surface area contributed by atoms with Gasteiger partial charge in [-0.05, 0) is 38.7 Å². The Morgan fingerprint density at radius 1 is 1.40 bits per heavy atom. The highest BCUT2D eigenvalue weighted by molar-refractivity contribution is 7.89. The predicted molar refractivity (Wildman–Crippen MR) is 78.3 cm³/mol. The highest BCUT2D eigenvalue weighted by atomic mass is 32.2. The molecule has 1 saturated heterocycles. The van der Waals surface area contributed by atoms with Crippen LogP contribution in [-0.2, 0) is 10.0 Å². The molecule has 0 aliphatic carbocycles. The third kappa shape index (κ3) is 2.74. The normalized spacial score (nSPS) is 20.5. The molecule has 0 aromatic heterocycles. The Morgan fingerprint density at radius 3 is 2.60 bits per heavy atom. The molecule has 0 bridgehead atoms. The Balaban J connectivity index is 2.25. The number of likely N-dealkylation sites (N-methyl/N-ethyl adjacent to an activating group) is 1. The number of sulfonamides is 1. The van der Waals surface area contributed by atoms with Gasteiger partial charge in [0.05, 0.1) is 17.7 Å². The molecule has 0 spiro atoms. The molecule has 1 aliphatic rings. The van der Waals surface area contributed by atoms with Crippen LogP contribution in [0.5, 0.6) is 5.75 Å². The minimum atomic E-state index is -3.48. The summed E-state index contributed by atoms with van der Waals surface area (Å²) >= 11 is 0. The average Bonchev–Trinajstić information content (AvgIpc) is 2.89. The van der Waals surface area contributed by atoms with Crippen molar-refractivity contribution >= 4 is 15.7 Å². The van der Waals surface area contributed by atoms with E-state index in [4.69, 9.17) is 10.5 Å². The fourth-order valence-electron chi connectivity index (χ4n) is 2.37. The van der Waals surface area contributed by atoms with Crippen molar-refractivity contribution in [1.82, 2.24) is 9.21 Å². The maximum absolute atomic E-state index is 12.6. The van der Waals surface area contributed by atoms with Gasteiger partial charge in [-0.3, -0.25) is 0 Å². The van der Waals surface area contributed by atoms with Crippen LogP contribution in [0.4, 0.5) is 5.69 Å². The van der Waals surface area contributed by atoms with Gasteiger partial charge in [0.15, 0.2) is 0 Å². The van der Waals surface area contributed by atoms with Crippen molar-refractivity contribution in [1.29, 1.82) is 0 Å². The molecule has 0 saturated carbocycles. The summed E-state index contributed by atoms with van der Waals surface area (Å²) < 4.78 is 31.7. The molecule has 0 amide bonds. The summed E-state index contributed by atoms with van der Waals surface area (Å²) in [5, 5.41) is 0. The zero-order valence-electron chi connectivity index (χ0n) is 12.0. The molecular formula is C13H21N3O3S. The van der Waals surface area contributed by atoms with Crippen LogP contribution in [0.1, 0.15) is 6.42 Å². The SMILES string of the molecule is COc1ccc(S(=O)(=O)N2CCC(N(C)C)C2)cc1N. The van der Waals surface area contributed by atoms with E-state index in [-0.39, 0.29) is 10.9 Å². The monoisotopic (exact) mass is 299 g/mol. The molecule has 2 rings (SSSR count). The van der Waals surface area contributed by atoms with Crippen molar-refractivity contribution in [2.45, 2.75) is 17.4 Å². The number of benzene rings is 1. The molecule has 1 aliphatic heterocycles. The van der Waals surface area contributed by atoms with Crippen LogP contribution >= 0.6 is 0 Å². The van der Waals surface area contributed by atoms with E-state index in [9.17, 15) is 8.42 Å². The molecule has 2 N–H and O–H groups in total. The first-order valence-electron chi connectivity index (χ1n) is 6.46. The highest BCUT2D eigenvalue weighted by Gasteiger charge is 2.33. The van der Waals surface area contributed by atoms with Crippen molar-refractivity contribution in [3.05, 3.63) is 18.2 Å². The second-order valence-corrected chi connectivity index (χ2v) is 7.11. The minimum Gasteiger partial charge on any atom is -0.495 e. The second kappa shape index (κ2) is 5.59. The molecule has 20 heavy (non-hydrogen) atoms. The molecule has 1 aromatic carbocycles. The van der Waals surface area contributed by atoms with Gasteiger partial charge in [0.1, 0.15) is 5.75 Å². The van der Waals surface area contributed by atoms with Gasteiger partial charge < -0.3 is 15.4 Å². The van der Waals surface area contributed by atoms with Crippen LogP contribution in [0.25, 0.3) is 0 Å². The molecule has 112 valence electrons. The fraction of sp³-hybridized carbons (Fsp3) is 0.538. The van der Waals surface area contributed by atoms with Crippen LogP contribution in [-0.4, -0.2) is 58.0 Å². The quantitative estimate of drug-likeness (QED) is 0.824. The van der Waals surface area contributed by atoms with Crippen molar-refractivity contribution in [3.8, 4) is 5.75 Å². The highest BCUT2D eigenvalue weighted by Crippen LogP contribution is 2.28. The van der Waals surface area contributed by atoms with Crippen molar-refractivity contribution < 1.29 is 13.2 Å². The molecule has 1 atom stereocenters. The number of nitrogen functional groups attached to an aromatic ring is 1. The Hall–Kier alpha value is -1.31. The Bertz CT molecular complexity index is 587. The summed E-state index contributed by atoms with van der Waals surface area (Å²) in [5.74, 6) is 0.483. The minimum absolute atomic E-state index is 0.218. The first-order valence-corrected chi connectivity index (χ1v) is 7.90. The predicted octanol–water partition coefficient (Wildman–Crippen LogP) is 0.602. The average molecular weight is 299 g/mol. The molecule has 7 heteroatoms. The maximum atomic E-state index is 12.6. The van der Waals surface area contributed by atoms with E-state index in [0.29, 0.717) is 24.5 Å². The zero-order valence-corrected chi connectivity index (χ0v) is 12.9. The van der Waals surface area contributed by atoms with E-state index in [2.05, 4.69) is 4.90 Å². The number of hydrogen-bond donors (Lipinski definition) is 1. The van der Waals surface area contributed by atoms with Crippen LogP contribution in [0.15, 0.2) is 23.1 Å². The van der Waals surface area contributed by atoms with Crippen LogP contribution in [0.2, 0.25) is 0 Å². The third-order valence-electron chi connectivity index (χ3n) is 3.70. The fourth-order valence-corrected chi connectivity index (χ4v) is 3.90. The summed E-state index contributed by atoms with van der Waals surface area (Å²) in [4.78, 5) is 2.27. The van der Waals surface area contributed by atoms with Crippen molar-refractivity contribution in [2.24, 2.45) is 0 Å². The largest absolute Gasteiger partial charge is 0.495 e. The summed E-state index contributed by atoms with van der Waals surface area (Å²) in [6, 6.07) is 4.84. The number of rotatable bonds is 4. The summed E-state index contributed by atoms with van der Waals surface area (Å²) in [7, 11) is 1.95. The summed E-state index contributed by atoms with van der Waals surface area (Å²) in [6.45, 7) is 1.05. The van der Waals surface area contributed by atoms with Gasteiger partial charge in [-0.1, -0.05) is 0 Å². The van der Waals surface area contributed by atoms with Crippen molar-refractivity contribution in [3.63, 3.8) is 0 Å². The van der Waals surface area contributed by atoms with E-state index in [1.165, 1.54) is 23.5 Å². The Morgan fingerprint density at radius 2 is 2.10 bits per heavy atom. The van der Waals surface area contributed by atoms with Crippen molar-refractivity contribution in [2.75, 3.05) is 40.0 Å². The smallest absolute Gasteiger partial charge is 0.243 e. The van der Waals surface area contributed by atoms with Crippen LogP contribution in [0.3, 0.4) is 0 Å². The maximum Gasteiger partial charge on any atom is 0.243 e. The number of anilines is 1. The Kier molecular flexibility index (Phi) is 4.22. The van der Waals surface area contributed by atoms with Gasteiger partial charge in [0.2, 0.25) is 10.0 Å². The molecule has 0 radical (unpaired) electrons. The van der Waals surface area contributed by atoms with Gasteiger partial charge >= 0.3 is 0 Å². The molecule has 1 fully saturated rings. The number of hydrogen-bond acceptors (Lipinski definition) is 5. The van der Waals surface area contributed by atoms with Crippen LogP contribution < -0.4 is 10.5 Å². The number of ether oxygens (including phenoxy) is 1. The summed E-state index contributed by atoms with van der Waals surface area (Å²) in [5.41, 5.74) is 6.12. The van der Waals surface area contributed by atoms with Gasteiger partial charge in [-0.15, -0.1) is 0 Å². The first-order chi connectivity index (χ1) is 9.36. The van der Waals surface area contributed by atoms with E-state index in [0.717, 1.165) is 6.42 Å². The van der Waals surface area contributed by atoms with E-state index in [1.807, 2.05) is 14.1 Å². The standard InChI is InChI=1S/C13H21N3O3S/c1-15(2)10-6-7-16(9-10)20(17,18)11-4-5-13(19-3)12(14)8-11/h4-5,8,10H,6-7,9,14H2,1-3H3. The lowest BCUT2D eigenvalue weighted by Crippen LogP contribution is -2.34.